The standard InChI is InChI=1S/C23H29F2N3O2/c1-2-26-23(28-15-19-13-20(24)6-7-22(19)25)27-14-17-4-3-5-18(12-17)16-30-21-8-10-29-11-9-21/h3-7,12-13,21H,2,8-11,14-16H2,1H3,(H2,26,27,28). The van der Waals surface area contributed by atoms with Crippen molar-refractivity contribution in [1.29, 1.82) is 0 Å². The molecule has 2 aromatic rings. The summed E-state index contributed by atoms with van der Waals surface area (Å²) < 4.78 is 38.5. The average Bonchev–Trinajstić information content (AvgIpc) is 2.77. The number of hydrogen-bond donors (Lipinski definition) is 2. The number of nitrogens with zero attached hydrogens (tertiary/aromatic N) is 1. The van der Waals surface area contributed by atoms with Crippen LogP contribution in [0.25, 0.3) is 0 Å². The number of benzene rings is 2. The average molecular weight is 418 g/mol. The maximum absolute atomic E-state index is 13.8. The van der Waals surface area contributed by atoms with Gasteiger partial charge in [-0.25, -0.2) is 13.8 Å². The van der Waals surface area contributed by atoms with Gasteiger partial charge in [-0.3, -0.25) is 0 Å². The molecule has 7 heteroatoms. The van der Waals surface area contributed by atoms with Crippen LogP contribution >= 0.6 is 0 Å². The highest BCUT2D eigenvalue weighted by molar-refractivity contribution is 5.79. The largest absolute Gasteiger partial charge is 0.381 e. The van der Waals surface area contributed by atoms with E-state index in [2.05, 4.69) is 21.7 Å². The lowest BCUT2D eigenvalue weighted by molar-refractivity contribution is -0.0390. The molecule has 1 aliphatic heterocycles. The van der Waals surface area contributed by atoms with Crippen molar-refractivity contribution in [3.63, 3.8) is 0 Å². The number of ether oxygens (including phenoxy) is 2. The smallest absolute Gasteiger partial charge is 0.191 e. The predicted octanol–water partition coefficient (Wildman–Crippen LogP) is 3.92. The summed E-state index contributed by atoms with van der Waals surface area (Å²) in [5.74, 6) is -0.364. The monoisotopic (exact) mass is 417 g/mol. The van der Waals surface area contributed by atoms with Gasteiger partial charge in [0.25, 0.3) is 0 Å². The van der Waals surface area contributed by atoms with E-state index in [-0.39, 0.29) is 18.2 Å². The first kappa shape index (κ1) is 22.2. The third kappa shape index (κ3) is 7.07. The Bertz CT molecular complexity index is 839. The second-order valence-corrected chi connectivity index (χ2v) is 7.23. The Hall–Kier alpha value is -2.51. The molecule has 2 N–H and O–H groups in total. The Labute approximate surface area is 176 Å². The highest BCUT2D eigenvalue weighted by Crippen LogP contribution is 2.15. The molecule has 2 aromatic carbocycles. The van der Waals surface area contributed by atoms with E-state index in [4.69, 9.17) is 9.47 Å². The van der Waals surface area contributed by atoms with E-state index in [9.17, 15) is 8.78 Å². The molecule has 0 aromatic heterocycles. The van der Waals surface area contributed by atoms with Crippen LogP contribution in [0.15, 0.2) is 47.5 Å². The van der Waals surface area contributed by atoms with Crippen molar-refractivity contribution in [2.24, 2.45) is 4.99 Å². The van der Waals surface area contributed by atoms with E-state index in [1.54, 1.807) is 0 Å². The van der Waals surface area contributed by atoms with Crippen LogP contribution in [0, 0.1) is 11.6 Å². The first-order valence-corrected chi connectivity index (χ1v) is 10.4. The fourth-order valence-corrected chi connectivity index (χ4v) is 3.24. The first-order valence-electron chi connectivity index (χ1n) is 10.4. The lowest BCUT2D eigenvalue weighted by atomic mass is 10.1. The highest BCUT2D eigenvalue weighted by Gasteiger charge is 2.14. The molecule has 0 radical (unpaired) electrons. The van der Waals surface area contributed by atoms with Gasteiger partial charge in [0.1, 0.15) is 11.6 Å². The van der Waals surface area contributed by atoms with E-state index in [1.807, 2.05) is 25.1 Å². The van der Waals surface area contributed by atoms with Crippen LogP contribution in [0.1, 0.15) is 36.5 Å². The summed E-state index contributed by atoms with van der Waals surface area (Å²) in [5.41, 5.74) is 2.42. The topological polar surface area (TPSA) is 54.9 Å². The van der Waals surface area contributed by atoms with Crippen LogP contribution < -0.4 is 10.6 Å². The number of hydrogen-bond acceptors (Lipinski definition) is 3. The molecule has 0 unspecified atom stereocenters. The van der Waals surface area contributed by atoms with E-state index in [1.165, 1.54) is 6.07 Å². The van der Waals surface area contributed by atoms with Crippen LogP contribution in [0.4, 0.5) is 8.78 Å². The number of guanidine groups is 1. The van der Waals surface area contributed by atoms with Gasteiger partial charge in [-0.15, -0.1) is 0 Å². The van der Waals surface area contributed by atoms with Crippen molar-refractivity contribution in [2.45, 2.75) is 45.6 Å². The van der Waals surface area contributed by atoms with Gasteiger partial charge in [0.2, 0.25) is 0 Å². The molecule has 0 spiro atoms. The van der Waals surface area contributed by atoms with Gasteiger partial charge in [-0.2, -0.15) is 0 Å². The summed E-state index contributed by atoms with van der Waals surface area (Å²) in [6, 6.07) is 11.6. The van der Waals surface area contributed by atoms with Crippen LogP contribution in [0.5, 0.6) is 0 Å². The second-order valence-electron chi connectivity index (χ2n) is 7.23. The first-order chi connectivity index (χ1) is 14.6. The van der Waals surface area contributed by atoms with Crippen LogP contribution in [0.3, 0.4) is 0 Å². The molecule has 0 atom stereocenters. The van der Waals surface area contributed by atoms with Crippen molar-refractivity contribution in [2.75, 3.05) is 19.8 Å². The molecule has 0 amide bonds. The molecule has 30 heavy (non-hydrogen) atoms. The van der Waals surface area contributed by atoms with E-state index in [0.29, 0.717) is 25.7 Å². The minimum atomic E-state index is -0.463. The van der Waals surface area contributed by atoms with E-state index < -0.39 is 11.6 Å². The Morgan fingerprint density at radius 1 is 1.10 bits per heavy atom. The van der Waals surface area contributed by atoms with Gasteiger partial charge < -0.3 is 20.1 Å². The van der Waals surface area contributed by atoms with Gasteiger partial charge in [-0.1, -0.05) is 24.3 Å². The summed E-state index contributed by atoms with van der Waals surface area (Å²) in [6.45, 7) is 5.32. The third-order valence-electron chi connectivity index (χ3n) is 4.86. The summed E-state index contributed by atoms with van der Waals surface area (Å²) >= 11 is 0. The van der Waals surface area contributed by atoms with Crippen LogP contribution in [-0.4, -0.2) is 31.8 Å². The van der Waals surface area contributed by atoms with Crippen molar-refractivity contribution < 1.29 is 18.3 Å². The Kier molecular flexibility index (Phi) is 8.59. The molecular weight excluding hydrogens is 388 g/mol. The lowest BCUT2D eigenvalue weighted by Crippen LogP contribution is -2.37. The van der Waals surface area contributed by atoms with Crippen LogP contribution in [-0.2, 0) is 29.2 Å². The SMILES string of the molecule is CCNC(=NCc1cccc(COC2CCOCC2)c1)NCc1cc(F)ccc1F. The van der Waals surface area contributed by atoms with Gasteiger partial charge in [0, 0.05) is 31.9 Å². The molecular formula is C23H29F2N3O2. The van der Waals surface area contributed by atoms with Gasteiger partial charge >= 0.3 is 0 Å². The summed E-state index contributed by atoms with van der Waals surface area (Å²) in [4.78, 5) is 4.56. The molecule has 0 bridgehead atoms. The molecule has 5 nitrogen and oxygen atoms in total. The summed E-state index contributed by atoms with van der Waals surface area (Å²) in [7, 11) is 0. The summed E-state index contributed by atoms with van der Waals surface area (Å²) in [5, 5.41) is 6.18. The minimum Gasteiger partial charge on any atom is -0.381 e. The molecule has 1 aliphatic rings. The molecule has 0 aliphatic carbocycles. The fourth-order valence-electron chi connectivity index (χ4n) is 3.24. The molecule has 1 heterocycles. The number of halogens is 2. The Morgan fingerprint density at radius 3 is 2.70 bits per heavy atom. The molecule has 1 saturated heterocycles. The Balaban J connectivity index is 1.56. The zero-order chi connectivity index (χ0) is 21.2. The molecule has 3 rings (SSSR count). The highest BCUT2D eigenvalue weighted by atomic mass is 19.1. The normalized spacial score (nSPS) is 15.2. The van der Waals surface area contributed by atoms with Crippen molar-refractivity contribution >= 4 is 5.96 Å². The number of aliphatic imine (C=N–C) groups is 1. The zero-order valence-electron chi connectivity index (χ0n) is 17.3. The van der Waals surface area contributed by atoms with E-state index >= 15 is 0 Å². The zero-order valence-corrected chi connectivity index (χ0v) is 17.3. The quantitative estimate of drug-likeness (QED) is 0.505. The van der Waals surface area contributed by atoms with Crippen LogP contribution in [0.2, 0.25) is 0 Å². The maximum atomic E-state index is 13.8. The number of rotatable bonds is 8. The molecule has 1 fully saturated rings. The molecule has 162 valence electrons. The minimum absolute atomic E-state index is 0.147. The number of nitrogens with one attached hydrogen (secondary N) is 2. The van der Waals surface area contributed by atoms with Crippen molar-refractivity contribution in [3.05, 3.63) is 70.8 Å². The van der Waals surface area contributed by atoms with Gasteiger partial charge in [-0.05, 0) is 49.1 Å². The summed E-state index contributed by atoms with van der Waals surface area (Å²) in [6.07, 6.45) is 2.13. The molecule has 0 saturated carbocycles. The predicted molar refractivity (Wildman–Crippen MR) is 113 cm³/mol. The maximum Gasteiger partial charge on any atom is 0.191 e. The van der Waals surface area contributed by atoms with Gasteiger partial charge in [0.05, 0.1) is 19.3 Å². The lowest BCUT2D eigenvalue weighted by Gasteiger charge is -2.22. The van der Waals surface area contributed by atoms with E-state index in [0.717, 1.165) is 49.3 Å². The second kappa shape index (κ2) is 11.6. The van der Waals surface area contributed by atoms with Gasteiger partial charge in [0.15, 0.2) is 5.96 Å². The fraction of sp³-hybridized carbons (Fsp3) is 0.435. The third-order valence-corrected chi connectivity index (χ3v) is 4.86. The van der Waals surface area contributed by atoms with Crippen molar-refractivity contribution in [1.82, 2.24) is 10.6 Å². The van der Waals surface area contributed by atoms with Crippen molar-refractivity contribution in [3.8, 4) is 0 Å². The Morgan fingerprint density at radius 2 is 1.90 bits per heavy atom.